The Morgan fingerprint density at radius 2 is 2.11 bits per heavy atom. The van der Waals surface area contributed by atoms with Gasteiger partial charge in [-0.3, -0.25) is 0 Å². The Labute approximate surface area is 114 Å². The van der Waals surface area contributed by atoms with E-state index in [1.165, 1.54) is 17.7 Å². The lowest BCUT2D eigenvalue weighted by atomic mass is 9.67. The van der Waals surface area contributed by atoms with Crippen molar-refractivity contribution in [3.63, 3.8) is 0 Å². The van der Waals surface area contributed by atoms with Gasteiger partial charge in [-0.25, -0.2) is 0 Å². The molecule has 1 aliphatic carbocycles. The minimum absolute atomic E-state index is 0.0810. The van der Waals surface area contributed by atoms with Gasteiger partial charge in [-0.15, -0.1) is 11.3 Å². The van der Waals surface area contributed by atoms with Gasteiger partial charge >= 0.3 is 0 Å². The first kappa shape index (κ1) is 14.0. The molecule has 0 saturated heterocycles. The molecule has 2 rings (SSSR count). The van der Waals surface area contributed by atoms with Gasteiger partial charge in [0.25, 0.3) is 0 Å². The van der Waals surface area contributed by atoms with E-state index in [2.05, 4.69) is 26.0 Å². The third-order valence-corrected chi connectivity index (χ3v) is 5.84. The van der Waals surface area contributed by atoms with E-state index in [4.69, 9.17) is 5.73 Å². The summed E-state index contributed by atoms with van der Waals surface area (Å²) in [7, 11) is 0. The topological polar surface area (TPSA) is 46.2 Å². The Kier molecular flexibility index (Phi) is 4.46. The van der Waals surface area contributed by atoms with Crippen molar-refractivity contribution in [2.75, 3.05) is 6.54 Å². The summed E-state index contributed by atoms with van der Waals surface area (Å²) in [5.41, 5.74) is 5.92. The summed E-state index contributed by atoms with van der Waals surface area (Å²) in [6.07, 6.45) is 5.18. The summed E-state index contributed by atoms with van der Waals surface area (Å²) in [6.45, 7) is 5.05. The molecule has 3 heteroatoms. The maximum atomic E-state index is 10.7. The number of aliphatic hydroxyl groups is 1. The fourth-order valence-electron chi connectivity index (χ4n) is 2.96. The highest BCUT2D eigenvalue weighted by molar-refractivity contribution is 7.12. The Balaban J connectivity index is 2.16. The van der Waals surface area contributed by atoms with Crippen molar-refractivity contribution in [3.8, 4) is 0 Å². The van der Waals surface area contributed by atoms with E-state index < -0.39 is 0 Å². The molecule has 0 radical (unpaired) electrons. The van der Waals surface area contributed by atoms with Gasteiger partial charge in [-0.05, 0) is 37.3 Å². The third-order valence-electron chi connectivity index (χ3n) is 4.56. The molecule has 3 N–H and O–H groups in total. The first-order valence-electron chi connectivity index (χ1n) is 7.08. The second-order valence-corrected chi connectivity index (χ2v) is 7.01. The lowest BCUT2D eigenvalue weighted by molar-refractivity contribution is -0.00590. The van der Waals surface area contributed by atoms with E-state index >= 15 is 0 Å². The highest BCUT2D eigenvalue weighted by atomic mass is 32.1. The van der Waals surface area contributed by atoms with Crippen LogP contribution in [-0.2, 0) is 6.42 Å². The van der Waals surface area contributed by atoms with Gasteiger partial charge in [0, 0.05) is 21.7 Å². The zero-order valence-corrected chi connectivity index (χ0v) is 12.3. The summed E-state index contributed by atoms with van der Waals surface area (Å²) >= 11 is 1.74. The average Bonchev–Trinajstić information content (AvgIpc) is 2.88. The van der Waals surface area contributed by atoms with Crippen LogP contribution in [0, 0.1) is 11.3 Å². The monoisotopic (exact) mass is 267 g/mol. The molecule has 1 heterocycles. The molecule has 0 aliphatic heterocycles. The summed E-state index contributed by atoms with van der Waals surface area (Å²) in [5, 5.41) is 10.7. The Bertz CT molecular complexity index is 380. The Hall–Kier alpha value is -0.380. The van der Waals surface area contributed by atoms with Gasteiger partial charge in [-0.2, -0.15) is 0 Å². The van der Waals surface area contributed by atoms with Crippen molar-refractivity contribution < 1.29 is 5.11 Å². The molecule has 1 unspecified atom stereocenters. The van der Waals surface area contributed by atoms with Gasteiger partial charge in [0.05, 0.1) is 6.10 Å². The largest absolute Gasteiger partial charge is 0.387 e. The van der Waals surface area contributed by atoms with E-state index in [0.717, 1.165) is 30.1 Å². The first-order chi connectivity index (χ1) is 8.61. The maximum absolute atomic E-state index is 10.7. The van der Waals surface area contributed by atoms with Crippen molar-refractivity contribution in [1.29, 1.82) is 0 Å². The zero-order chi connectivity index (χ0) is 13.2. The lowest BCUT2D eigenvalue weighted by Crippen LogP contribution is -2.39. The van der Waals surface area contributed by atoms with Crippen LogP contribution in [0.25, 0.3) is 0 Å². The highest BCUT2D eigenvalue weighted by Gasteiger charge is 2.40. The number of aryl methyl sites for hydroxylation is 1. The predicted octanol–water partition coefficient (Wildman–Crippen LogP) is 3.50. The van der Waals surface area contributed by atoms with Gasteiger partial charge in [-0.1, -0.05) is 26.7 Å². The number of aliphatic hydroxyl groups excluding tert-OH is 1. The molecule has 0 spiro atoms. The summed E-state index contributed by atoms with van der Waals surface area (Å²) in [4.78, 5) is 2.45. The van der Waals surface area contributed by atoms with Crippen LogP contribution < -0.4 is 5.73 Å². The fraction of sp³-hybridized carbons (Fsp3) is 0.733. The number of hydrogen-bond acceptors (Lipinski definition) is 3. The van der Waals surface area contributed by atoms with Crippen LogP contribution in [0.4, 0.5) is 0 Å². The van der Waals surface area contributed by atoms with Crippen LogP contribution in [0.3, 0.4) is 0 Å². The quantitative estimate of drug-likeness (QED) is 0.877. The van der Waals surface area contributed by atoms with Crippen LogP contribution in [0.2, 0.25) is 0 Å². The summed E-state index contributed by atoms with van der Waals surface area (Å²) in [6, 6.07) is 4.22. The van der Waals surface area contributed by atoms with Crippen LogP contribution in [0.15, 0.2) is 12.1 Å². The molecule has 102 valence electrons. The smallest absolute Gasteiger partial charge is 0.0950 e. The van der Waals surface area contributed by atoms with E-state index in [9.17, 15) is 5.11 Å². The Morgan fingerprint density at radius 3 is 2.61 bits per heavy atom. The van der Waals surface area contributed by atoms with Crippen molar-refractivity contribution >= 4 is 11.3 Å². The molecule has 0 aromatic carbocycles. The van der Waals surface area contributed by atoms with Gasteiger partial charge in [0.1, 0.15) is 0 Å². The molecule has 2 nitrogen and oxygen atoms in total. The standard InChI is InChI=1S/C15H25NOS/c1-3-12-4-5-13(18-12)14(17)15(10-16)8-6-11(2)7-9-15/h4-5,11,14,17H,3,6-10,16H2,1-2H3. The Morgan fingerprint density at radius 1 is 1.44 bits per heavy atom. The third kappa shape index (κ3) is 2.63. The second kappa shape index (κ2) is 5.72. The molecule has 1 aliphatic rings. The normalized spacial score (nSPS) is 30.3. The highest BCUT2D eigenvalue weighted by Crippen LogP contribution is 2.48. The molecule has 0 bridgehead atoms. The van der Waals surface area contributed by atoms with E-state index in [-0.39, 0.29) is 11.5 Å². The number of rotatable bonds is 4. The molecular formula is C15H25NOS. The number of nitrogens with two attached hydrogens (primary N) is 1. The number of hydrogen-bond donors (Lipinski definition) is 2. The molecular weight excluding hydrogens is 242 g/mol. The van der Waals surface area contributed by atoms with E-state index in [1.54, 1.807) is 11.3 Å². The predicted molar refractivity (Wildman–Crippen MR) is 77.8 cm³/mol. The van der Waals surface area contributed by atoms with Crippen LogP contribution in [-0.4, -0.2) is 11.7 Å². The van der Waals surface area contributed by atoms with Crippen molar-refractivity contribution in [2.45, 2.75) is 52.1 Å². The molecule has 1 aromatic heterocycles. The van der Waals surface area contributed by atoms with Crippen molar-refractivity contribution in [3.05, 3.63) is 21.9 Å². The molecule has 18 heavy (non-hydrogen) atoms. The summed E-state index contributed by atoms with van der Waals surface area (Å²) in [5.74, 6) is 0.784. The lowest BCUT2D eigenvalue weighted by Gasteiger charge is -2.41. The van der Waals surface area contributed by atoms with Crippen LogP contribution in [0.5, 0.6) is 0 Å². The summed E-state index contributed by atoms with van der Waals surface area (Å²) < 4.78 is 0. The number of thiophene rings is 1. The van der Waals surface area contributed by atoms with Gasteiger partial charge in [0.2, 0.25) is 0 Å². The molecule has 1 aromatic rings. The average molecular weight is 267 g/mol. The maximum Gasteiger partial charge on any atom is 0.0950 e. The van der Waals surface area contributed by atoms with Crippen molar-refractivity contribution in [1.82, 2.24) is 0 Å². The minimum atomic E-state index is -0.375. The SMILES string of the molecule is CCc1ccc(C(O)C2(CN)CCC(C)CC2)s1. The zero-order valence-electron chi connectivity index (χ0n) is 11.5. The molecule has 1 atom stereocenters. The second-order valence-electron chi connectivity index (χ2n) is 5.81. The first-order valence-corrected chi connectivity index (χ1v) is 7.89. The van der Waals surface area contributed by atoms with Crippen LogP contribution >= 0.6 is 11.3 Å². The van der Waals surface area contributed by atoms with E-state index in [1.807, 2.05) is 0 Å². The van der Waals surface area contributed by atoms with Gasteiger partial charge in [0.15, 0.2) is 0 Å². The molecule has 1 saturated carbocycles. The molecule has 0 amide bonds. The molecule has 1 fully saturated rings. The van der Waals surface area contributed by atoms with E-state index in [0.29, 0.717) is 6.54 Å². The van der Waals surface area contributed by atoms with Crippen LogP contribution in [0.1, 0.15) is 55.4 Å². The van der Waals surface area contributed by atoms with Gasteiger partial charge < -0.3 is 10.8 Å². The minimum Gasteiger partial charge on any atom is -0.387 e. The van der Waals surface area contributed by atoms with Crippen molar-refractivity contribution in [2.24, 2.45) is 17.1 Å². The fourth-order valence-corrected chi connectivity index (χ4v) is 4.04.